The number of fused-ring (bicyclic) bond motifs is 9. The van der Waals surface area contributed by atoms with E-state index >= 15 is 0 Å². The van der Waals surface area contributed by atoms with Gasteiger partial charge in [-0.1, -0.05) is 127 Å². The van der Waals surface area contributed by atoms with Crippen molar-refractivity contribution in [2.45, 2.75) is 0 Å². The van der Waals surface area contributed by atoms with Gasteiger partial charge in [0, 0.05) is 0 Å². The predicted molar refractivity (Wildman–Crippen MR) is 217 cm³/mol. The molecule has 0 spiro atoms. The fraction of sp³-hybridized carbons (Fsp3) is 0. The molecule has 0 fully saturated rings. The molecular weight excluding hydrogens is 617 g/mol. The highest BCUT2D eigenvalue weighted by atomic mass is 15.0. The van der Waals surface area contributed by atoms with E-state index in [-0.39, 0.29) is 0 Å². The van der Waals surface area contributed by atoms with Crippen LogP contribution in [0.1, 0.15) is 0 Å². The van der Waals surface area contributed by atoms with Crippen LogP contribution >= 0.6 is 0 Å². The van der Waals surface area contributed by atoms with Crippen molar-refractivity contribution in [3.8, 4) is 33.4 Å². The lowest BCUT2D eigenvalue weighted by molar-refractivity contribution is 1.30. The Morgan fingerprint density at radius 2 is 0.824 bits per heavy atom. The fourth-order valence-electron chi connectivity index (χ4n) is 8.31. The van der Waals surface area contributed by atoms with E-state index in [1.54, 1.807) is 0 Å². The lowest BCUT2D eigenvalue weighted by atomic mass is 9.84. The van der Waals surface area contributed by atoms with E-state index in [1.807, 2.05) is 0 Å². The SMILES string of the molecule is c1ccc2cc(-c3c4ccccc4c(-c4ccc5ccccc5c4)c4cc(-c5ccc6c(ccc7nc8ccccc8n76)c5)ccc34)ccc2c1. The lowest BCUT2D eigenvalue weighted by Gasteiger charge is -2.19. The summed E-state index contributed by atoms with van der Waals surface area (Å²) in [4.78, 5) is 4.88. The number of rotatable bonds is 3. The minimum atomic E-state index is 0.968. The number of imidazole rings is 1. The van der Waals surface area contributed by atoms with E-state index in [4.69, 9.17) is 4.98 Å². The van der Waals surface area contributed by atoms with Gasteiger partial charge in [-0.25, -0.2) is 4.98 Å². The molecule has 0 aliphatic heterocycles. The van der Waals surface area contributed by atoms with Crippen LogP contribution in [0, 0.1) is 0 Å². The van der Waals surface area contributed by atoms with Gasteiger partial charge in [0.25, 0.3) is 0 Å². The average Bonchev–Trinajstić information content (AvgIpc) is 3.58. The predicted octanol–water partition coefficient (Wildman–Crippen LogP) is 13.3. The standard InChI is InChI=1S/C49H30N2/c1-3-11-33-28-38(19-17-31(33)9-1)48-40-13-5-6-14-41(40)49(39-20-18-32-10-2-4-12-34(32)29-39)43-30-36(21-24-42(43)48)35-22-25-45-37(27-35)23-26-47-50-44-15-7-8-16-46(44)51(45)47/h1-30H. The zero-order chi connectivity index (χ0) is 33.5. The molecule has 0 aliphatic rings. The van der Waals surface area contributed by atoms with Gasteiger partial charge >= 0.3 is 0 Å². The quantitative estimate of drug-likeness (QED) is 0.175. The van der Waals surface area contributed by atoms with Crippen LogP contribution in [0.15, 0.2) is 182 Å². The Morgan fingerprint density at radius 1 is 0.314 bits per heavy atom. The van der Waals surface area contributed by atoms with Gasteiger partial charge < -0.3 is 0 Å². The topological polar surface area (TPSA) is 17.3 Å². The smallest absolute Gasteiger partial charge is 0.138 e. The summed E-state index contributed by atoms with van der Waals surface area (Å²) in [6, 6.07) is 66.7. The molecule has 51 heavy (non-hydrogen) atoms. The van der Waals surface area contributed by atoms with Gasteiger partial charge in [0.1, 0.15) is 5.65 Å². The Kier molecular flexibility index (Phi) is 5.99. The van der Waals surface area contributed by atoms with E-state index in [1.165, 1.54) is 81.9 Å². The first-order valence-corrected chi connectivity index (χ1v) is 17.5. The molecule has 2 heteroatoms. The summed E-state index contributed by atoms with van der Waals surface area (Å²) in [6.45, 7) is 0. The highest BCUT2D eigenvalue weighted by molar-refractivity contribution is 6.22. The number of hydrogen-bond acceptors (Lipinski definition) is 1. The Hall–Kier alpha value is -6.77. The summed E-state index contributed by atoms with van der Waals surface area (Å²) < 4.78 is 2.27. The van der Waals surface area contributed by atoms with Crippen molar-refractivity contribution in [1.29, 1.82) is 0 Å². The molecule has 0 saturated carbocycles. The van der Waals surface area contributed by atoms with Crippen LogP contribution in [0.4, 0.5) is 0 Å². The zero-order valence-corrected chi connectivity index (χ0v) is 27.7. The van der Waals surface area contributed by atoms with Crippen LogP contribution in [0.3, 0.4) is 0 Å². The van der Waals surface area contributed by atoms with Crippen LogP contribution in [-0.4, -0.2) is 9.38 Å². The van der Waals surface area contributed by atoms with Crippen LogP contribution in [-0.2, 0) is 0 Å². The molecule has 0 amide bonds. The maximum atomic E-state index is 4.88. The second-order valence-electron chi connectivity index (χ2n) is 13.6. The van der Waals surface area contributed by atoms with Crippen molar-refractivity contribution in [2.24, 2.45) is 0 Å². The third-order valence-corrected chi connectivity index (χ3v) is 10.7. The van der Waals surface area contributed by atoms with Crippen LogP contribution < -0.4 is 0 Å². The van der Waals surface area contributed by atoms with Gasteiger partial charge in [0.05, 0.1) is 16.6 Å². The molecule has 11 rings (SSSR count). The molecule has 2 nitrogen and oxygen atoms in total. The molecule has 236 valence electrons. The number of aromatic nitrogens is 2. The molecule has 2 aromatic heterocycles. The van der Waals surface area contributed by atoms with Crippen molar-refractivity contribution in [2.75, 3.05) is 0 Å². The monoisotopic (exact) mass is 646 g/mol. The fourth-order valence-corrected chi connectivity index (χ4v) is 8.31. The summed E-state index contributed by atoms with van der Waals surface area (Å²) >= 11 is 0. The van der Waals surface area contributed by atoms with Gasteiger partial charge in [-0.05, 0) is 136 Å². The molecule has 0 bridgehead atoms. The molecule has 2 heterocycles. The van der Waals surface area contributed by atoms with Gasteiger partial charge in [-0.2, -0.15) is 0 Å². The van der Waals surface area contributed by atoms with Crippen molar-refractivity contribution in [1.82, 2.24) is 9.38 Å². The molecule has 11 aromatic rings. The molecule has 9 aromatic carbocycles. The molecule has 0 unspecified atom stereocenters. The van der Waals surface area contributed by atoms with E-state index < -0.39 is 0 Å². The number of pyridine rings is 1. The largest absolute Gasteiger partial charge is 0.292 e. The average molecular weight is 647 g/mol. The highest BCUT2D eigenvalue weighted by Gasteiger charge is 2.18. The first kappa shape index (κ1) is 28.1. The summed E-state index contributed by atoms with van der Waals surface area (Å²) in [5.41, 5.74) is 11.7. The third kappa shape index (κ3) is 4.33. The van der Waals surface area contributed by atoms with E-state index in [0.29, 0.717) is 0 Å². The van der Waals surface area contributed by atoms with E-state index in [9.17, 15) is 0 Å². The minimum absolute atomic E-state index is 0.968. The van der Waals surface area contributed by atoms with Crippen molar-refractivity contribution in [3.05, 3.63) is 182 Å². The number of nitrogens with zero attached hydrogens (tertiary/aromatic N) is 2. The van der Waals surface area contributed by atoms with Gasteiger partial charge in [0.15, 0.2) is 0 Å². The molecule has 0 aliphatic carbocycles. The second kappa shape index (κ2) is 10.9. The Morgan fingerprint density at radius 3 is 1.55 bits per heavy atom. The molecule has 0 N–H and O–H groups in total. The zero-order valence-electron chi connectivity index (χ0n) is 27.7. The Bertz CT molecular complexity index is 3200. The molecule has 0 radical (unpaired) electrons. The normalized spacial score (nSPS) is 11.9. The molecule has 0 saturated heterocycles. The summed E-state index contributed by atoms with van der Waals surface area (Å²) in [5.74, 6) is 0. The summed E-state index contributed by atoms with van der Waals surface area (Å²) in [7, 11) is 0. The van der Waals surface area contributed by atoms with Gasteiger partial charge in [-0.3, -0.25) is 4.40 Å². The number of benzene rings is 9. The highest BCUT2D eigenvalue weighted by Crippen LogP contribution is 2.46. The van der Waals surface area contributed by atoms with Crippen molar-refractivity contribution >= 4 is 70.7 Å². The van der Waals surface area contributed by atoms with Gasteiger partial charge in [0.2, 0.25) is 0 Å². The van der Waals surface area contributed by atoms with Crippen molar-refractivity contribution in [3.63, 3.8) is 0 Å². The summed E-state index contributed by atoms with van der Waals surface area (Å²) in [6.07, 6.45) is 0. The van der Waals surface area contributed by atoms with Crippen LogP contribution in [0.25, 0.3) is 104 Å². The van der Waals surface area contributed by atoms with E-state index in [0.717, 1.165) is 22.2 Å². The third-order valence-electron chi connectivity index (χ3n) is 10.7. The first-order chi connectivity index (χ1) is 25.3. The number of hydrogen-bond donors (Lipinski definition) is 0. The maximum absolute atomic E-state index is 4.88. The second-order valence-corrected chi connectivity index (χ2v) is 13.6. The maximum Gasteiger partial charge on any atom is 0.138 e. The van der Waals surface area contributed by atoms with Crippen molar-refractivity contribution < 1.29 is 0 Å². The van der Waals surface area contributed by atoms with Gasteiger partial charge in [-0.15, -0.1) is 0 Å². The van der Waals surface area contributed by atoms with E-state index in [2.05, 4.69) is 186 Å². The molecular formula is C49H30N2. The lowest BCUT2D eigenvalue weighted by Crippen LogP contribution is -1.92. The van der Waals surface area contributed by atoms with Crippen LogP contribution in [0.5, 0.6) is 0 Å². The van der Waals surface area contributed by atoms with Crippen LogP contribution in [0.2, 0.25) is 0 Å². The Labute approximate surface area is 294 Å². The number of para-hydroxylation sites is 2. The first-order valence-electron chi connectivity index (χ1n) is 17.5. The Balaban J connectivity index is 1.20. The molecule has 0 atom stereocenters. The summed E-state index contributed by atoms with van der Waals surface area (Å²) in [5, 5.41) is 11.2. The minimum Gasteiger partial charge on any atom is -0.292 e.